The largest absolute Gasteiger partial charge is 0.497 e. The number of amides is 1. The minimum atomic E-state index is -0.675. The number of hydrogen-bond donors (Lipinski definition) is 1. The van der Waals surface area contributed by atoms with Gasteiger partial charge in [0.2, 0.25) is 0 Å². The van der Waals surface area contributed by atoms with Gasteiger partial charge in [-0.15, -0.1) is 0 Å². The molecule has 0 saturated carbocycles. The molecule has 136 valence electrons. The van der Waals surface area contributed by atoms with E-state index in [0.717, 1.165) is 36.4 Å². The molecule has 1 fully saturated rings. The van der Waals surface area contributed by atoms with Crippen molar-refractivity contribution >= 4 is 11.6 Å². The molecule has 1 N–H and O–H groups in total. The van der Waals surface area contributed by atoms with E-state index in [9.17, 15) is 4.79 Å². The molecule has 1 saturated heterocycles. The maximum absolute atomic E-state index is 13.3. The van der Waals surface area contributed by atoms with Gasteiger partial charge in [-0.05, 0) is 44.0 Å². The fourth-order valence-corrected chi connectivity index (χ4v) is 3.87. The molecular weight excluding hydrogens is 328 g/mol. The number of nitrogens with one attached hydrogen (secondary N) is 1. The summed E-state index contributed by atoms with van der Waals surface area (Å²) in [6.07, 6.45) is 2.11. The van der Waals surface area contributed by atoms with Crippen molar-refractivity contribution in [3.8, 4) is 5.75 Å². The molecule has 2 heterocycles. The third-order valence-electron chi connectivity index (χ3n) is 5.36. The Bertz CT molecular complexity index is 816. The van der Waals surface area contributed by atoms with Crippen molar-refractivity contribution in [3.05, 3.63) is 59.7 Å². The highest BCUT2D eigenvalue weighted by molar-refractivity contribution is 6.02. The lowest BCUT2D eigenvalue weighted by Crippen LogP contribution is -2.57. The molecule has 26 heavy (non-hydrogen) atoms. The van der Waals surface area contributed by atoms with E-state index in [1.807, 2.05) is 60.4 Å². The number of fused-ring (bicyclic) bond motifs is 1. The van der Waals surface area contributed by atoms with Crippen LogP contribution >= 0.6 is 0 Å². The van der Waals surface area contributed by atoms with E-state index >= 15 is 0 Å². The number of anilines is 1. The zero-order valence-electron chi connectivity index (χ0n) is 15.2. The van der Waals surface area contributed by atoms with Gasteiger partial charge >= 0.3 is 0 Å². The molecule has 0 aliphatic carbocycles. The molecule has 5 nitrogen and oxygen atoms in total. The Hall–Kier alpha value is -2.53. The summed E-state index contributed by atoms with van der Waals surface area (Å²) in [6.45, 7) is 3.38. The highest BCUT2D eigenvalue weighted by Gasteiger charge is 2.43. The lowest BCUT2D eigenvalue weighted by atomic mass is 9.93. The van der Waals surface area contributed by atoms with E-state index in [-0.39, 0.29) is 12.0 Å². The molecule has 2 atom stereocenters. The number of carbonyl (C=O) groups is 1. The first-order chi connectivity index (χ1) is 12.6. The van der Waals surface area contributed by atoms with Gasteiger partial charge in [0.15, 0.2) is 0 Å². The Morgan fingerprint density at radius 1 is 1.27 bits per heavy atom. The Labute approximate surface area is 153 Å². The average molecular weight is 352 g/mol. The number of benzene rings is 2. The summed E-state index contributed by atoms with van der Waals surface area (Å²) < 4.78 is 11.2. The number of rotatable bonds is 4. The SMILES string of the molecule is COc1cccc(C2(C)Nc3ccccc3C(=O)N2CC2CCCO2)c1. The summed E-state index contributed by atoms with van der Waals surface area (Å²) in [4.78, 5) is 15.2. The molecular formula is C21H24N2O3. The number of para-hydroxylation sites is 1. The lowest BCUT2D eigenvalue weighted by Gasteiger charge is -2.47. The first kappa shape index (κ1) is 16.9. The van der Waals surface area contributed by atoms with Gasteiger partial charge in [-0.3, -0.25) is 4.79 Å². The maximum Gasteiger partial charge on any atom is 0.258 e. The smallest absolute Gasteiger partial charge is 0.258 e. The molecule has 1 amide bonds. The monoisotopic (exact) mass is 352 g/mol. The second kappa shape index (κ2) is 6.65. The van der Waals surface area contributed by atoms with Crippen LogP contribution in [0.3, 0.4) is 0 Å². The fraction of sp³-hybridized carbons (Fsp3) is 0.381. The number of nitrogens with zero attached hydrogens (tertiary/aromatic N) is 1. The van der Waals surface area contributed by atoms with Crippen molar-refractivity contribution in [2.75, 3.05) is 25.6 Å². The molecule has 0 bridgehead atoms. The van der Waals surface area contributed by atoms with Crippen molar-refractivity contribution in [2.45, 2.75) is 31.5 Å². The Kier molecular flexibility index (Phi) is 4.32. The van der Waals surface area contributed by atoms with E-state index in [4.69, 9.17) is 9.47 Å². The van der Waals surface area contributed by atoms with Gasteiger partial charge in [0, 0.05) is 24.4 Å². The van der Waals surface area contributed by atoms with Crippen molar-refractivity contribution < 1.29 is 14.3 Å². The number of hydrogen-bond acceptors (Lipinski definition) is 4. The Balaban J connectivity index is 1.78. The number of methoxy groups -OCH3 is 1. The standard InChI is InChI=1S/C21H24N2O3/c1-21(15-7-5-8-16(13-15)25-2)22-19-11-4-3-10-18(19)20(24)23(21)14-17-9-6-12-26-17/h3-5,7-8,10-11,13,17,22H,6,9,12,14H2,1-2H3. The minimum Gasteiger partial charge on any atom is -0.497 e. The summed E-state index contributed by atoms with van der Waals surface area (Å²) in [6, 6.07) is 15.5. The molecule has 0 spiro atoms. The lowest BCUT2D eigenvalue weighted by molar-refractivity contribution is 0.0242. The minimum absolute atomic E-state index is 0.0279. The van der Waals surface area contributed by atoms with Crippen molar-refractivity contribution in [2.24, 2.45) is 0 Å². The molecule has 2 aromatic carbocycles. The molecule has 4 rings (SSSR count). The molecule has 2 aromatic rings. The second-order valence-corrected chi connectivity index (χ2v) is 7.03. The van der Waals surface area contributed by atoms with Gasteiger partial charge in [-0.1, -0.05) is 24.3 Å². The summed E-state index contributed by atoms with van der Waals surface area (Å²) in [5.41, 5.74) is 1.86. The number of carbonyl (C=O) groups excluding carboxylic acids is 1. The van der Waals surface area contributed by atoms with Crippen molar-refractivity contribution in [3.63, 3.8) is 0 Å². The normalized spacial score (nSPS) is 24.9. The molecule has 2 aliphatic rings. The van der Waals surface area contributed by atoms with Crippen LogP contribution in [0.25, 0.3) is 0 Å². The summed E-state index contributed by atoms with van der Waals surface area (Å²) >= 11 is 0. The van der Waals surface area contributed by atoms with Gasteiger partial charge < -0.3 is 19.7 Å². The van der Waals surface area contributed by atoms with E-state index in [1.54, 1.807) is 7.11 Å². The highest BCUT2D eigenvalue weighted by atomic mass is 16.5. The highest BCUT2D eigenvalue weighted by Crippen LogP contribution is 2.39. The van der Waals surface area contributed by atoms with Crippen LogP contribution in [-0.4, -0.2) is 37.2 Å². The van der Waals surface area contributed by atoms with Crippen molar-refractivity contribution in [1.29, 1.82) is 0 Å². The first-order valence-corrected chi connectivity index (χ1v) is 9.07. The van der Waals surface area contributed by atoms with E-state index in [1.165, 1.54) is 0 Å². The van der Waals surface area contributed by atoms with Gasteiger partial charge in [0.05, 0.1) is 18.8 Å². The van der Waals surface area contributed by atoms with Crippen LogP contribution in [0.5, 0.6) is 5.75 Å². The average Bonchev–Trinajstić information content (AvgIpc) is 3.18. The summed E-state index contributed by atoms with van der Waals surface area (Å²) in [5, 5.41) is 3.59. The molecule has 0 aromatic heterocycles. The van der Waals surface area contributed by atoms with Crippen LogP contribution < -0.4 is 10.1 Å². The van der Waals surface area contributed by atoms with Crippen LogP contribution in [-0.2, 0) is 10.4 Å². The van der Waals surface area contributed by atoms with E-state index in [2.05, 4.69) is 5.32 Å². The quantitative estimate of drug-likeness (QED) is 0.913. The third kappa shape index (κ3) is 2.82. The van der Waals surface area contributed by atoms with Crippen molar-refractivity contribution in [1.82, 2.24) is 4.90 Å². The van der Waals surface area contributed by atoms with Gasteiger partial charge in [-0.2, -0.15) is 0 Å². The Morgan fingerprint density at radius 2 is 2.12 bits per heavy atom. The summed E-state index contributed by atoms with van der Waals surface area (Å²) in [5.74, 6) is 0.800. The van der Waals surface area contributed by atoms with Crippen LogP contribution in [0.2, 0.25) is 0 Å². The molecule has 0 radical (unpaired) electrons. The van der Waals surface area contributed by atoms with Crippen LogP contribution in [0.4, 0.5) is 5.69 Å². The Morgan fingerprint density at radius 3 is 2.88 bits per heavy atom. The van der Waals surface area contributed by atoms with Crippen LogP contribution in [0.1, 0.15) is 35.7 Å². The predicted molar refractivity (Wildman–Crippen MR) is 100 cm³/mol. The van der Waals surface area contributed by atoms with E-state index < -0.39 is 5.66 Å². The van der Waals surface area contributed by atoms with E-state index in [0.29, 0.717) is 12.1 Å². The zero-order chi connectivity index (χ0) is 18.1. The van der Waals surface area contributed by atoms with Gasteiger partial charge in [0.1, 0.15) is 11.4 Å². The van der Waals surface area contributed by atoms with Gasteiger partial charge in [-0.25, -0.2) is 0 Å². The topological polar surface area (TPSA) is 50.8 Å². The number of ether oxygens (including phenoxy) is 2. The first-order valence-electron chi connectivity index (χ1n) is 9.07. The maximum atomic E-state index is 13.3. The predicted octanol–water partition coefficient (Wildman–Crippen LogP) is 3.61. The van der Waals surface area contributed by atoms with Gasteiger partial charge in [0.25, 0.3) is 5.91 Å². The summed E-state index contributed by atoms with van der Waals surface area (Å²) in [7, 11) is 1.65. The van der Waals surface area contributed by atoms with Crippen LogP contribution in [0.15, 0.2) is 48.5 Å². The zero-order valence-corrected chi connectivity index (χ0v) is 15.2. The third-order valence-corrected chi connectivity index (χ3v) is 5.36. The molecule has 5 heteroatoms. The fourth-order valence-electron chi connectivity index (χ4n) is 3.87. The molecule has 2 unspecified atom stereocenters. The second-order valence-electron chi connectivity index (χ2n) is 7.03. The molecule has 2 aliphatic heterocycles. The van der Waals surface area contributed by atoms with Crippen LogP contribution in [0, 0.1) is 0 Å².